The van der Waals surface area contributed by atoms with E-state index in [-0.39, 0.29) is 5.69 Å². The molecular formula is C18H20ClN6O6S-. The van der Waals surface area contributed by atoms with Gasteiger partial charge in [0.1, 0.15) is 11.5 Å². The van der Waals surface area contributed by atoms with Crippen molar-refractivity contribution in [2.75, 3.05) is 44.4 Å². The van der Waals surface area contributed by atoms with Crippen LogP contribution >= 0.6 is 11.6 Å². The fourth-order valence-corrected chi connectivity index (χ4v) is 3.15. The zero-order valence-electron chi connectivity index (χ0n) is 17.2. The normalized spacial score (nSPS) is 18.6. The quantitative estimate of drug-likeness (QED) is 0.559. The number of halogens is 1. The molecule has 32 heavy (non-hydrogen) atoms. The van der Waals surface area contributed by atoms with Crippen molar-refractivity contribution in [1.29, 1.82) is 0 Å². The Balaban J connectivity index is 0.000000523. The number of fused-ring (bicyclic) bond motifs is 1. The van der Waals surface area contributed by atoms with Crippen molar-refractivity contribution in [3.63, 3.8) is 0 Å². The molecule has 2 amide bonds. The average molecular weight is 484 g/mol. The number of likely N-dealkylation sites (N-methyl/N-ethyl adjacent to an activating group) is 1. The number of ether oxygens (including phenoxy) is 1. The summed E-state index contributed by atoms with van der Waals surface area (Å²) in [6.07, 6.45) is 3.39. The average Bonchev–Trinajstić information content (AvgIpc) is 3.00. The SMILES string of the molecule is CN1CCN(C(=O)O[C@H]2c3nccnc3C(=O)N2c2ccc(Cl)cn2)CC1.CS(=O)(=O)[O-]. The second kappa shape index (κ2) is 9.73. The van der Waals surface area contributed by atoms with E-state index in [1.165, 1.54) is 23.5 Å². The molecule has 4 rings (SSSR count). The molecule has 1 atom stereocenters. The van der Waals surface area contributed by atoms with Gasteiger partial charge < -0.3 is 19.1 Å². The molecule has 0 N–H and O–H groups in total. The summed E-state index contributed by atoms with van der Waals surface area (Å²) >= 11 is 5.89. The number of hydrogen-bond donors (Lipinski definition) is 0. The predicted octanol–water partition coefficient (Wildman–Crippen LogP) is 0.729. The Kier molecular flexibility index (Phi) is 7.23. The topological polar surface area (TPSA) is 149 Å². The smallest absolute Gasteiger partial charge is 0.412 e. The summed E-state index contributed by atoms with van der Waals surface area (Å²) < 4.78 is 32.9. The Morgan fingerprint density at radius 1 is 1.16 bits per heavy atom. The van der Waals surface area contributed by atoms with Gasteiger partial charge in [-0.15, -0.1) is 0 Å². The summed E-state index contributed by atoms with van der Waals surface area (Å²) in [6.45, 7) is 2.64. The number of piperazine rings is 1. The summed E-state index contributed by atoms with van der Waals surface area (Å²) in [5, 5.41) is 0.435. The van der Waals surface area contributed by atoms with E-state index >= 15 is 0 Å². The first-order valence-corrected chi connectivity index (χ1v) is 11.5. The molecule has 14 heteroatoms. The fraction of sp³-hybridized carbons (Fsp3) is 0.389. The van der Waals surface area contributed by atoms with E-state index in [0.29, 0.717) is 35.9 Å². The zero-order chi connectivity index (χ0) is 23.5. The molecule has 0 spiro atoms. The largest absolute Gasteiger partial charge is 0.748 e. The minimum atomic E-state index is -3.92. The van der Waals surface area contributed by atoms with E-state index in [9.17, 15) is 9.59 Å². The number of carbonyl (C=O) groups is 2. The highest BCUT2D eigenvalue weighted by molar-refractivity contribution is 7.84. The summed E-state index contributed by atoms with van der Waals surface area (Å²) in [6, 6.07) is 3.20. The van der Waals surface area contributed by atoms with Crippen molar-refractivity contribution in [3.05, 3.63) is 47.1 Å². The van der Waals surface area contributed by atoms with Gasteiger partial charge in [-0.3, -0.25) is 9.78 Å². The number of anilines is 1. The molecule has 0 aromatic carbocycles. The number of nitrogens with zero attached hydrogens (tertiary/aromatic N) is 6. The highest BCUT2D eigenvalue weighted by Gasteiger charge is 2.44. The summed E-state index contributed by atoms with van der Waals surface area (Å²) in [7, 11) is -1.92. The molecule has 0 aliphatic carbocycles. The number of aromatic nitrogens is 3. The standard InChI is InChI=1S/C17H17ClN6O3.CH4O3S/c1-22-6-8-23(9-7-22)17(26)27-16-14-13(19-4-5-20-14)15(25)24(16)12-3-2-11(18)10-21-12;1-5(2,3)4/h2-5,10,16H,6-9H2,1H3;1H3,(H,2,3,4)/p-1/t16-;/m0./s1. The second-order valence-electron chi connectivity index (χ2n) is 7.03. The number of rotatable bonds is 2. The second-order valence-corrected chi connectivity index (χ2v) is 8.88. The Morgan fingerprint density at radius 3 is 2.38 bits per heavy atom. The van der Waals surface area contributed by atoms with Gasteiger partial charge in [0.05, 0.1) is 15.1 Å². The van der Waals surface area contributed by atoms with Crippen LogP contribution in [0.15, 0.2) is 30.7 Å². The van der Waals surface area contributed by atoms with Gasteiger partial charge in [-0.05, 0) is 19.2 Å². The number of amides is 2. The lowest BCUT2D eigenvalue weighted by atomic mass is 10.3. The van der Waals surface area contributed by atoms with Gasteiger partial charge in [-0.2, -0.15) is 0 Å². The molecular weight excluding hydrogens is 464 g/mol. The van der Waals surface area contributed by atoms with E-state index in [4.69, 9.17) is 29.3 Å². The van der Waals surface area contributed by atoms with Gasteiger partial charge in [0.15, 0.2) is 5.69 Å². The molecule has 1 saturated heterocycles. The first kappa shape index (κ1) is 23.8. The third-order valence-corrected chi connectivity index (χ3v) is 4.77. The van der Waals surface area contributed by atoms with Gasteiger partial charge in [-0.1, -0.05) is 11.6 Å². The maximum Gasteiger partial charge on any atom is 0.412 e. The third-order valence-electron chi connectivity index (χ3n) is 4.55. The molecule has 0 saturated carbocycles. The lowest BCUT2D eigenvalue weighted by molar-refractivity contribution is 0.0476. The van der Waals surface area contributed by atoms with Gasteiger partial charge in [0, 0.05) is 51.0 Å². The van der Waals surface area contributed by atoms with Gasteiger partial charge in [0.2, 0.25) is 6.23 Å². The molecule has 1 fully saturated rings. The van der Waals surface area contributed by atoms with Crippen LogP contribution in [0.3, 0.4) is 0 Å². The lowest BCUT2D eigenvalue weighted by Crippen LogP contribution is -2.48. The van der Waals surface area contributed by atoms with Crippen LogP contribution in [-0.4, -0.2) is 89.2 Å². The molecule has 2 aromatic heterocycles. The highest BCUT2D eigenvalue weighted by Crippen LogP contribution is 2.35. The van der Waals surface area contributed by atoms with E-state index < -0.39 is 28.3 Å². The van der Waals surface area contributed by atoms with E-state index in [1.54, 1.807) is 17.0 Å². The molecule has 2 aromatic rings. The zero-order valence-corrected chi connectivity index (χ0v) is 18.8. The summed E-state index contributed by atoms with van der Waals surface area (Å²) in [5.41, 5.74) is 0.437. The number of carbonyl (C=O) groups excluding carboxylic acids is 2. The lowest BCUT2D eigenvalue weighted by Gasteiger charge is -2.33. The molecule has 2 aliphatic heterocycles. The first-order valence-electron chi connectivity index (χ1n) is 9.35. The molecule has 4 heterocycles. The van der Waals surface area contributed by atoms with E-state index in [0.717, 1.165) is 13.1 Å². The van der Waals surface area contributed by atoms with Crippen molar-refractivity contribution in [2.45, 2.75) is 6.23 Å². The Morgan fingerprint density at radius 2 is 1.78 bits per heavy atom. The molecule has 12 nitrogen and oxygen atoms in total. The fourth-order valence-electron chi connectivity index (χ4n) is 3.04. The van der Waals surface area contributed by atoms with Crippen LogP contribution < -0.4 is 4.90 Å². The Labute approximate surface area is 189 Å². The van der Waals surface area contributed by atoms with Crippen LogP contribution in [0.4, 0.5) is 10.6 Å². The van der Waals surface area contributed by atoms with E-state index in [2.05, 4.69) is 19.9 Å². The Hall–Kier alpha value is -2.87. The first-order chi connectivity index (χ1) is 15.0. The summed E-state index contributed by atoms with van der Waals surface area (Å²) in [4.78, 5) is 43.0. The van der Waals surface area contributed by atoms with Gasteiger partial charge >= 0.3 is 6.09 Å². The number of pyridine rings is 1. The maximum atomic E-state index is 12.8. The molecule has 0 radical (unpaired) electrons. The van der Waals surface area contributed by atoms with Crippen molar-refractivity contribution in [1.82, 2.24) is 24.8 Å². The highest BCUT2D eigenvalue weighted by atomic mass is 35.5. The summed E-state index contributed by atoms with van der Waals surface area (Å²) in [5.74, 6) is -0.121. The van der Waals surface area contributed by atoms with Crippen LogP contribution in [0.1, 0.15) is 22.4 Å². The molecule has 0 bridgehead atoms. The van der Waals surface area contributed by atoms with Crippen molar-refractivity contribution in [3.8, 4) is 0 Å². The maximum absolute atomic E-state index is 12.8. The number of hydrogen-bond acceptors (Lipinski definition) is 10. The Bertz CT molecular complexity index is 1080. The van der Waals surface area contributed by atoms with E-state index in [1.807, 2.05) is 7.05 Å². The minimum absolute atomic E-state index is 0.144. The van der Waals surface area contributed by atoms with Crippen molar-refractivity contribution >= 4 is 39.5 Å². The van der Waals surface area contributed by atoms with Crippen LogP contribution in [0.2, 0.25) is 5.02 Å². The van der Waals surface area contributed by atoms with Gasteiger partial charge in [0.25, 0.3) is 5.91 Å². The predicted molar refractivity (Wildman–Crippen MR) is 112 cm³/mol. The third kappa shape index (κ3) is 5.88. The molecule has 2 aliphatic rings. The van der Waals surface area contributed by atoms with Crippen LogP contribution in [-0.2, 0) is 14.9 Å². The molecule has 0 unspecified atom stereocenters. The van der Waals surface area contributed by atoms with Crippen LogP contribution in [0.25, 0.3) is 0 Å². The monoisotopic (exact) mass is 483 g/mol. The minimum Gasteiger partial charge on any atom is -0.748 e. The molecule has 172 valence electrons. The van der Waals surface area contributed by atoms with Crippen molar-refractivity contribution < 1.29 is 27.3 Å². The van der Waals surface area contributed by atoms with Crippen LogP contribution in [0.5, 0.6) is 0 Å². The van der Waals surface area contributed by atoms with Gasteiger partial charge in [-0.25, -0.2) is 28.1 Å². The van der Waals surface area contributed by atoms with Crippen molar-refractivity contribution in [2.24, 2.45) is 0 Å². The van der Waals surface area contributed by atoms with Crippen LogP contribution in [0, 0.1) is 0 Å².